The van der Waals surface area contributed by atoms with Crippen LogP contribution in [0.2, 0.25) is 0 Å². The summed E-state index contributed by atoms with van der Waals surface area (Å²) in [5.41, 5.74) is 1.40. The van der Waals surface area contributed by atoms with Gasteiger partial charge in [0.1, 0.15) is 17.1 Å². The maximum Gasteiger partial charge on any atom is 0.280 e. The van der Waals surface area contributed by atoms with Crippen LogP contribution in [0.15, 0.2) is 79.3 Å². The van der Waals surface area contributed by atoms with Gasteiger partial charge >= 0.3 is 0 Å². The number of anilines is 1. The second-order valence-electron chi connectivity index (χ2n) is 7.50. The van der Waals surface area contributed by atoms with Gasteiger partial charge < -0.3 is 5.32 Å². The minimum Gasteiger partial charge on any atom is -0.319 e. The summed E-state index contributed by atoms with van der Waals surface area (Å²) in [6, 6.07) is 16.4. The fraction of sp³-hybridized carbons (Fsp3) is 0.0833. The Bertz CT molecular complexity index is 1480. The van der Waals surface area contributed by atoms with Crippen molar-refractivity contribution in [1.82, 2.24) is 24.4 Å². The van der Waals surface area contributed by atoms with Crippen LogP contribution < -0.4 is 5.32 Å². The molecule has 170 valence electrons. The van der Waals surface area contributed by atoms with Crippen molar-refractivity contribution in [1.29, 1.82) is 0 Å². The normalized spacial score (nSPS) is 11.3. The van der Waals surface area contributed by atoms with Crippen LogP contribution in [0.3, 0.4) is 0 Å². The summed E-state index contributed by atoms with van der Waals surface area (Å²) in [6.07, 6.45) is 1.34. The van der Waals surface area contributed by atoms with E-state index in [9.17, 15) is 18.0 Å². The monoisotopic (exact) mass is 462 g/mol. The maximum absolute atomic E-state index is 13.9. The molecule has 0 aliphatic heterocycles. The second kappa shape index (κ2) is 8.81. The Balaban J connectivity index is 1.44. The van der Waals surface area contributed by atoms with Gasteiger partial charge in [-0.2, -0.15) is 10.2 Å². The van der Waals surface area contributed by atoms with Gasteiger partial charge in [-0.05, 0) is 12.1 Å². The number of benzene rings is 2. The second-order valence-corrected chi connectivity index (χ2v) is 7.50. The standard InChI is InChI=1S/C24H17F3N6O/c25-19-9-5-4-8-16(19)13-32-14-17(11-28-32)30-24(34)18-12-29-33-21(22(26)27)10-20(31-23(18)33)15-6-2-1-3-7-15/h1-12,14,22H,13H2,(H,30,34). The lowest BCUT2D eigenvalue weighted by Crippen LogP contribution is -2.12. The molecule has 5 rings (SSSR count). The minimum absolute atomic E-state index is 0.00732. The molecule has 0 unspecified atom stereocenters. The molecule has 0 aliphatic carbocycles. The number of carbonyl (C=O) groups is 1. The van der Waals surface area contributed by atoms with Crippen molar-refractivity contribution in [3.8, 4) is 11.3 Å². The first-order chi connectivity index (χ1) is 16.5. The summed E-state index contributed by atoms with van der Waals surface area (Å²) in [6.45, 7) is 0.180. The molecule has 3 heterocycles. The molecule has 0 atom stereocenters. The average molecular weight is 462 g/mol. The molecule has 0 saturated heterocycles. The number of amides is 1. The summed E-state index contributed by atoms with van der Waals surface area (Å²) in [5.74, 6) is -0.941. The first-order valence-electron chi connectivity index (χ1n) is 10.3. The van der Waals surface area contributed by atoms with Crippen LogP contribution in [0.5, 0.6) is 0 Å². The SMILES string of the molecule is O=C(Nc1cnn(Cc2ccccc2F)c1)c1cnn2c(C(F)F)cc(-c3ccccc3)nc12. The Morgan fingerprint density at radius 1 is 1.00 bits per heavy atom. The molecule has 0 radical (unpaired) electrons. The zero-order chi connectivity index (χ0) is 23.7. The summed E-state index contributed by atoms with van der Waals surface area (Å²) in [4.78, 5) is 17.4. The molecule has 2 aromatic carbocycles. The lowest BCUT2D eigenvalue weighted by Gasteiger charge is -2.08. The number of rotatable bonds is 6. The third kappa shape index (κ3) is 4.13. The third-order valence-electron chi connectivity index (χ3n) is 5.22. The first kappa shape index (κ1) is 21.4. The number of hydrogen-bond acceptors (Lipinski definition) is 4. The highest BCUT2D eigenvalue weighted by atomic mass is 19.3. The number of halogens is 3. The lowest BCUT2D eigenvalue weighted by molar-refractivity contribution is 0.102. The topological polar surface area (TPSA) is 77.1 Å². The van der Waals surface area contributed by atoms with Crippen LogP contribution in [0.25, 0.3) is 16.9 Å². The highest BCUT2D eigenvalue weighted by molar-refractivity contribution is 6.08. The van der Waals surface area contributed by atoms with E-state index in [1.54, 1.807) is 54.7 Å². The van der Waals surface area contributed by atoms with Crippen molar-refractivity contribution in [2.75, 3.05) is 5.32 Å². The van der Waals surface area contributed by atoms with E-state index >= 15 is 0 Å². The third-order valence-corrected chi connectivity index (χ3v) is 5.22. The quantitative estimate of drug-likeness (QED) is 0.387. The smallest absolute Gasteiger partial charge is 0.280 e. The van der Waals surface area contributed by atoms with Crippen LogP contribution in [-0.2, 0) is 6.54 Å². The fourth-order valence-corrected chi connectivity index (χ4v) is 3.57. The molecule has 3 aromatic heterocycles. The summed E-state index contributed by atoms with van der Waals surface area (Å²) in [7, 11) is 0. The molecule has 10 heteroatoms. The molecular formula is C24H17F3N6O. The molecule has 0 saturated carbocycles. The predicted molar refractivity (Wildman–Crippen MR) is 119 cm³/mol. The van der Waals surface area contributed by atoms with E-state index in [1.807, 2.05) is 0 Å². The molecule has 34 heavy (non-hydrogen) atoms. The van der Waals surface area contributed by atoms with Crippen LogP contribution in [0.1, 0.15) is 28.0 Å². The number of nitrogens with zero attached hydrogens (tertiary/aromatic N) is 5. The van der Waals surface area contributed by atoms with Crippen molar-refractivity contribution in [3.63, 3.8) is 0 Å². The van der Waals surface area contributed by atoms with Gasteiger partial charge in [0.2, 0.25) is 0 Å². The van der Waals surface area contributed by atoms with E-state index in [4.69, 9.17) is 0 Å². The van der Waals surface area contributed by atoms with Crippen molar-refractivity contribution >= 4 is 17.2 Å². The molecule has 0 fully saturated rings. The predicted octanol–water partition coefficient (Wildman–Crippen LogP) is 4.97. The Hall–Kier alpha value is -4.47. The zero-order valence-corrected chi connectivity index (χ0v) is 17.6. The van der Waals surface area contributed by atoms with Crippen molar-refractivity contribution in [3.05, 3.63) is 102 Å². The van der Waals surface area contributed by atoms with E-state index in [-0.39, 0.29) is 29.3 Å². The van der Waals surface area contributed by atoms with Crippen molar-refractivity contribution < 1.29 is 18.0 Å². The van der Waals surface area contributed by atoms with Crippen molar-refractivity contribution in [2.24, 2.45) is 0 Å². The summed E-state index contributed by atoms with van der Waals surface area (Å²) in [5, 5.41) is 10.8. The van der Waals surface area contributed by atoms with Gasteiger partial charge in [-0.25, -0.2) is 22.7 Å². The van der Waals surface area contributed by atoms with E-state index in [0.29, 0.717) is 22.5 Å². The number of aromatic nitrogens is 5. The van der Waals surface area contributed by atoms with Gasteiger partial charge in [-0.3, -0.25) is 9.48 Å². The maximum atomic E-state index is 13.9. The average Bonchev–Trinajstić information content (AvgIpc) is 3.47. The zero-order valence-electron chi connectivity index (χ0n) is 17.6. The molecule has 1 N–H and O–H groups in total. The molecule has 1 amide bonds. The van der Waals surface area contributed by atoms with E-state index < -0.39 is 12.3 Å². The van der Waals surface area contributed by atoms with E-state index in [2.05, 4.69) is 20.5 Å². The van der Waals surface area contributed by atoms with Crippen molar-refractivity contribution in [2.45, 2.75) is 13.0 Å². The number of hydrogen-bond donors (Lipinski definition) is 1. The number of nitrogens with one attached hydrogen (secondary N) is 1. The number of carbonyl (C=O) groups excluding carboxylic acids is 1. The van der Waals surface area contributed by atoms with Gasteiger partial charge in [-0.15, -0.1) is 0 Å². The summed E-state index contributed by atoms with van der Waals surface area (Å²) >= 11 is 0. The largest absolute Gasteiger partial charge is 0.319 e. The highest BCUT2D eigenvalue weighted by Crippen LogP contribution is 2.27. The van der Waals surface area contributed by atoms with Gasteiger partial charge in [0.25, 0.3) is 12.3 Å². The molecule has 5 aromatic rings. The fourth-order valence-electron chi connectivity index (χ4n) is 3.57. The van der Waals surface area contributed by atoms with Gasteiger partial charge in [0, 0.05) is 17.3 Å². The summed E-state index contributed by atoms with van der Waals surface area (Å²) < 4.78 is 43.8. The van der Waals surface area contributed by atoms with Gasteiger partial charge in [0.05, 0.1) is 30.3 Å². The van der Waals surface area contributed by atoms with Gasteiger partial charge in [-0.1, -0.05) is 48.5 Å². The highest BCUT2D eigenvalue weighted by Gasteiger charge is 2.22. The number of alkyl halides is 2. The Morgan fingerprint density at radius 2 is 1.76 bits per heavy atom. The number of fused-ring (bicyclic) bond motifs is 1. The molecule has 0 aliphatic rings. The van der Waals surface area contributed by atoms with Crippen LogP contribution in [-0.4, -0.2) is 30.3 Å². The van der Waals surface area contributed by atoms with Gasteiger partial charge in [0.15, 0.2) is 5.65 Å². The van der Waals surface area contributed by atoms with E-state index in [1.165, 1.54) is 29.2 Å². The Kier molecular flexibility index (Phi) is 5.54. The molecule has 7 nitrogen and oxygen atoms in total. The van der Waals surface area contributed by atoms with Crippen LogP contribution in [0, 0.1) is 5.82 Å². The minimum atomic E-state index is -2.82. The molecule has 0 bridgehead atoms. The lowest BCUT2D eigenvalue weighted by atomic mass is 10.1. The van der Waals surface area contributed by atoms with E-state index in [0.717, 1.165) is 4.52 Å². The Labute approximate surface area is 191 Å². The van der Waals surface area contributed by atoms with Crippen LogP contribution in [0.4, 0.5) is 18.9 Å². The molecule has 0 spiro atoms. The Morgan fingerprint density at radius 3 is 2.53 bits per heavy atom. The molecular weight excluding hydrogens is 445 g/mol. The first-order valence-corrected chi connectivity index (χ1v) is 10.3. The van der Waals surface area contributed by atoms with Crippen LogP contribution >= 0.6 is 0 Å².